The van der Waals surface area contributed by atoms with Gasteiger partial charge in [0.05, 0.1) is 11.9 Å². The van der Waals surface area contributed by atoms with E-state index in [4.69, 9.17) is 4.74 Å². The van der Waals surface area contributed by atoms with E-state index in [-0.39, 0.29) is 11.0 Å². The van der Waals surface area contributed by atoms with Crippen molar-refractivity contribution in [2.45, 2.75) is 31.9 Å². The van der Waals surface area contributed by atoms with Gasteiger partial charge in [0.25, 0.3) is 0 Å². The highest BCUT2D eigenvalue weighted by Crippen LogP contribution is 2.26. The number of carbonyl (C=O) groups excluding carboxylic acids is 1. The van der Waals surface area contributed by atoms with Crippen molar-refractivity contribution in [3.05, 3.63) is 11.2 Å². The number of hydrogen-bond donors (Lipinski definition) is 0. The fourth-order valence-corrected chi connectivity index (χ4v) is 1.67. The lowest BCUT2D eigenvalue weighted by Gasteiger charge is -2.04. The molecule has 0 N–H and O–H groups in total. The SMILES string of the molecule is CCCCOC1=CSC(C)C1=O. The van der Waals surface area contributed by atoms with Gasteiger partial charge in [0.1, 0.15) is 0 Å². The van der Waals surface area contributed by atoms with Crippen molar-refractivity contribution in [2.75, 3.05) is 6.61 Å². The van der Waals surface area contributed by atoms with Crippen LogP contribution in [0.15, 0.2) is 11.2 Å². The fourth-order valence-electron chi connectivity index (χ4n) is 0.916. The molecule has 1 heterocycles. The van der Waals surface area contributed by atoms with E-state index in [2.05, 4.69) is 6.92 Å². The number of ketones is 1. The van der Waals surface area contributed by atoms with Crippen molar-refractivity contribution in [3.63, 3.8) is 0 Å². The number of Topliss-reactive ketones (excluding diaryl/α,β-unsaturated/α-hetero) is 1. The number of hydrogen-bond acceptors (Lipinski definition) is 3. The molecule has 0 radical (unpaired) electrons. The number of thioether (sulfide) groups is 1. The number of carbonyl (C=O) groups is 1. The van der Waals surface area contributed by atoms with Crippen LogP contribution in [0.4, 0.5) is 0 Å². The molecule has 1 atom stereocenters. The number of rotatable bonds is 4. The van der Waals surface area contributed by atoms with Crippen molar-refractivity contribution < 1.29 is 9.53 Å². The third kappa shape index (κ3) is 2.27. The third-order valence-corrected chi connectivity index (χ3v) is 2.72. The molecule has 1 unspecified atom stereocenters. The maximum absolute atomic E-state index is 11.3. The maximum atomic E-state index is 11.3. The van der Waals surface area contributed by atoms with Gasteiger partial charge < -0.3 is 4.74 Å². The van der Waals surface area contributed by atoms with Gasteiger partial charge in [0.15, 0.2) is 5.76 Å². The van der Waals surface area contributed by atoms with Gasteiger partial charge in [-0.05, 0) is 13.3 Å². The Balaban J connectivity index is 2.29. The molecule has 1 aliphatic heterocycles. The van der Waals surface area contributed by atoms with Crippen LogP contribution in [0.5, 0.6) is 0 Å². The molecule has 68 valence electrons. The molecule has 0 aromatic heterocycles. The highest BCUT2D eigenvalue weighted by molar-refractivity contribution is 8.03. The first-order valence-electron chi connectivity index (χ1n) is 4.28. The van der Waals surface area contributed by atoms with E-state index in [9.17, 15) is 4.79 Å². The molecule has 1 aliphatic rings. The van der Waals surface area contributed by atoms with E-state index < -0.39 is 0 Å². The van der Waals surface area contributed by atoms with Gasteiger partial charge in [-0.1, -0.05) is 13.3 Å². The Morgan fingerprint density at radius 2 is 2.42 bits per heavy atom. The van der Waals surface area contributed by atoms with Crippen molar-refractivity contribution >= 4 is 17.5 Å². The minimum Gasteiger partial charge on any atom is -0.489 e. The van der Waals surface area contributed by atoms with Crippen LogP contribution >= 0.6 is 11.8 Å². The van der Waals surface area contributed by atoms with Gasteiger partial charge in [-0.2, -0.15) is 0 Å². The largest absolute Gasteiger partial charge is 0.489 e. The third-order valence-electron chi connectivity index (χ3n) is 1.75. The monoisotopic (exact) mass is 186 g/mol. The molecule has 0 aromatic rings. The summed E-state index contributed by atoms with van der Waals surface area (Å²) in [5.41, 5.74) is 0. The molecule has 1 rings (SSSR count). The maximum Gasteiger partial charge on any atom is 0.210 e. The van der Waals surface area contributed by atoms with E-state index in [0.29, 0.717) is 12.4 Å². The van der Waals surface area contributed by atoms with Gasteiger partial charge in [0.2, 0.25) is 5.78 Å². The van der Waals surface area contributed by atoms with Crippen molar-refractivity contribution in [1.82, 2.24) is 0 Å². The quantitative estimate of drug-likeness (QED) is 0.630. The highest BCUT2D eigenvalue weighted by atomic mass is 32.2. The minimum absolute atomic E-state index is 0.0571. The predicted molar refractivity (Wildman–Crippen MR) is 51.0 cm³/mol. The summed E-state index contributed by atoms with van der Waals surface area (Å²) < 4.78 is 5.32. The fraction of sp³-hybridized carbons (Fsp3) is 0.667. The summed E-state index contributed by atoms with van der Waals surface area (Å²) >= 11 is 1.53. The van der Waals surface area contributed by atoms with Gasteiger partial charge in [-0.3, -0.25) is 4.79 Å². The summed E-state index contributed by atoms with van der Waals surface area (Å²) in [6, 6.07) is 0. The van der Waals surface area contributed by atoms with Gasteiger partial charge >= 0.3 is 0 Å². The van der Waals surface area contributed by atoms with Crippen LogP contribution < -0.4 is 0 Å². The van der Waals surface area contributed by atoms with Crippen LogP contribution in [-0.4, -0.2) is 17.6 Å². The molecule has 0 saturated heterocycles. The Morgan fingerprint density at radius 3 is 2.92 bits per heavy atom. The summed E-state index contributed by atoms with van der Waals surface area (Å²) in [5.74, 6) is 0.692. The molecule has 3 heteroatoms. The molecular formula is C9H14O2S. The summed E-state index contributed by atoms with van der Waals surface area (Å²) in [6.45, 7) is 4.67. The molecule has 0 spiro atoms. The molecule has 0 saturated carbocycles. The van der Waals surface area contributed by atoms with Crippen LogP contribution in [0.25, 0.3) is 0 Å². The lowest BCUT2D eigenvalue weighted by molar-refractivity contribution is -0.117. The van der Waals surface area contributed by atoms with E-state index in [1.807, 2.05) is 12.3 Å². The van der Waals surface area contributed by atoms with Crippen molar-refractivity contribution in [2.24, 2.45) is 0 Å². The van der Waals surface area contributed by atoms with Crippen molar-refractivity contribution in [1.29, 1.82) is 0 Å². The van der Waals surface area contributed by atoms with Crippen LogP contribution in [0.3, 0.4) is 0 Å². The van der Waals surface area contributed by atoms with Gasteiger partial charge in [-0.15, -0.1) is 11.8 Å². The molecule has 0 aromatic carbocycles. The Bertz CT molecular complexity index is 199. The van der Waals surface area contributed by atoms with Crippen LogP contribution in [0.2, 0.25) is 0 Å². The average molecular weight is 186 g/mol. The molecule has 0 aliphatic carbocycles. The number of allylic oxidation sites excluding steroid dienone is 1. The average Bonchev–Trinajstić information content (AvgIpc) is 2.36. The topological polar surface area (TPSA) is 26.3 Å². The second kappa shape index (κ2) is 4.55. The minimum atomic E-state index is 0.0571. The normalized spacial score (nSPS) is 22.7. The zero-order chi connectivity index (χ0) is 8.97. The molecule has 2 nitrogen and oxygen atoms in total. The van der Waals surface area contributed by atoms with Crippen LogP contribution in [0.1, 0.15) is 26.7 Å². The van der Waals surface area contributed by atoms with Crippen molar-refractivity contribution in [3.8, 4) is 0 Å². The first kappa shape index (κ1) is 9.65. The van der Waals surface area contributed by atoms with Crippen LogP contribution in [0, 0.1) is 0 Å². The van der Waals surface area contributed by atoms with Crippen LogP contribution in [-0.2, 0) is 9.53 Å². The number of ether oxygens (including phenoxy) is 1. The zero-order valence-electron chi connectivity index (χ0n) is 7.50. The standard InChI is InChI=1S/C9H14O2S/c1-3-4-5-11-8-6-12-7(2)9(8)10/h6-7H,3-5H2,1-2H3. The van der Waals surface area contributed by atoms with E-state index in [0.717, 1.165) is 12.8 Å². The summed E-state index contributed by atoms with van der Waals surface area (Å²) in [7, 11) is 0. The van der Waals surface area contributed by atoms with Gasteiger partial charge in [-0.25, -0.2) is 0 Å². The Labute approximate surface area is 77.4 Å². The molecule has 0 bridgehead atoms. The van der Waals surface area contributed by atoms with E-state index in [1.54, 1.807) is 0 Å². The van der Waals surface area contributed by atoms with E-state index in [1.165, 1.54) is 11.8 Å². The van der Waals surface area contributed by atoms with E-state index >= 15 is 0 Å². The van der Waals surface area contributed by atoms with Gasteiger partial charge in [0, 0.05) is 5.41 Å². The first-order valence-corrected chi connectivity index (χ1v) is 5.22. The zero-order valence-corrected chi connectivity index (χ0v) is 8.32. The predicted octanol–water partition coefficient (Wildman–Crippen LogP) is 2.35. The Morgan fingerprint density at radius 1 is 1.67 bits per heavy atom. The summed E-state index contributed by atoms with van der Waals surface area (Å²) in [4.78, 5) is 11.3. The molecule has 0 amide bonds. The molecule has 0 fully saturated rings. The molecule has 12 heavy (non-hydrogen) atoms. The highest BCUT2D eigenvalue weighted by Gasteiger charge is 2.25. The lowest BCUT2D eigenvalue weighted by Crippen LogP contribution is -2.12. The molecular weight excluding hydrogens is 172 g/mol. The number of unbranched alkanes of at least 4 members (excludes halogenated alkanes) is 1. The Kier molecular flexibility index (Phi) is 3.66. The second-order valence-corrected chi connectivity index (χ2v) is 4.04. The Hall–Kier alpha value is -0.440. The first-order chi connectivity index (χ1) is 5.75. The summed E-state index contributed by atoms with van der Waals surface area (Å²) in [6.07, 6.45) is 2.12. The second-order valence-electron chi connectivity index (χ2n) is 2.83. The summed E-state index contributed by atoms with van der Waals surface area (Å²) in [5, 5.41) is 1.88. The smallest absolute Gasteiger partial charge is 0.210 e. The lowest BCUT2D eigenvalue weighted by atomic mass is 10.3.